The average Bonchev–Trinajstić information content (AvgIpc) is 3.21. The number of hydrogen-bond donors (Lipinski definition) is 2. The lowest BCUT2D eigenvalue weighted by Crippen LogP contribution is -2.60. The Morgan fingerprint density at radius 3 is 1.96 bits per heavy atom. The molecular weight excluding hydrogens is 368 g/mol. The predicted molar refractivity (Wildman–Crippen MR) is 92.3 cm³/mol. The number of imide groups is 2. The van der Waals surface area contributed by atoms with Crippen LogP contribution in [0.2, 0.25) is 0 Å². The largest absolute Gasteiger partial charge is 0.471 e. The van der Waals surface area contributed by atoms with Crippen molar-refractivity contribution in [1.82, 2.24) is 20.8 Å². The molecule has 2 aromatic carbocycles. The molecule has 0 atom stereocenters. The number of hydrogen-bond acceptors (Lipinski definition) is 8. The van der Waals surface area contributed by atoms with Crippen molar-refractivity contribution in [2.75, 3.05) is 0 Å². The Labute approximate surface area is 157 Å². The van der Waals surface area contributed by atoms with Crippen LogP contribution in [0.1, 0.15) is 0 Å². The molecule has 0 aliphatic carbocycles. The highest BCUT2D eigenvalue weighted by Gasteiger charge is 2.36. The van der Waals surface area contributed by atoms with E-state index in [0.717, 1.165) is 5.56 Å². The lowest BCUT2D eigenvalue weighted by Gasteiger charge is -2.21. The Hall–Kier alpha value is -4.21. The summed E-state index contributed by atoms with van der Waals surface area (Å²) in [5.41, 5.74) is 0.760. The van der Waals surface area contributed by atoms with Crippen LogP contribution in [0.5, 0.6) is 17.2 Å². The molecule has 1 aromatic heterocycles. The third kappa shape index (κ3) is 3.65. The van der Waals surface area contributed by atoms with E-state index in [2.05, 4.69) is 10.2 Å². The van der Waals surface area contributed by atoms with Gasteiger partial charge in [0, 0.05) is 5.56 Å². The van der Waals surface area contributed by atoms with Crippen molar-refractivity contribution < 1.29 is 28.3 Å². The number of aromatic nitrogens is 2. The third-order valence-electron chi connectivity index (χ3n) is 3.72. The van der Waals surface area contributed by atoms with Crippen molar-refractivity contribution in [3.8, 4) is 28.7 Å². The fourth-order valence-corrected chi connectivity index (χ4v) is 2.44. The predicted octanol–water partition coefficient (Wildman–Crippen LogP) is 1.64. The van der Waals surface area contributed by atoms with Crippen molar-refractivity contribution in [3.05, 3.63) is 54.9 Å². The molecule has 2 N–H and O–H groups in total. The standard InChI is InChI=1S/C18H12N4O6/c23-15-14(16(24)21-18(25)20-15)28-13-7-5-12(6-8-13)27-11-3-1-10(2-4-11)17-22-19-9-26-17/h1-9,14H,(H2,20,21,23,24,25). The average molecular weight is 380 g/mol. The summed E-state index contributed by atoms with van der Waals surface area (Å²) in [6, 6.07) is 12.5. The summed E-state index contributed by atoms with van der Waals surface area (Å²) in [5, 5.41) is 11.4. The van der Waals surface area contributed by atoms with E-state index in [9.17, 15) is 14.4 Å². The summed E-state index contributed by atoms with van der Waals surface area (Å²) in [7, 11) is 0. The zero-order chi connectivity index (χ0) is 19.5. The molecule has 4 amide bonds. The maximum absolute atomic E-state index is 11.7. The van der Waals surface area contributed by atoms with Crippen molar-refractivity contribution in [2.24, 2.45) is 0 Å². The van der Waals surface area contributed by atoms with Crippen LogP contribution in [0.15, 0.2) is 59.3 Å². The Morgan fingerprint density at radius 1 is 0.821 bits per heavy atom. The molecule has 0 bridgehead atoms. The SMILES string of the molecule is O=C1NC(=O)C(Oc2ccc(Oc3ccc(-c4nnco4)cc3)cc2)C(=O)N1. The Morgan fingerprint density at radius 2 is 1.39 bits per heavy atom. The van der Waals surface area contributed by atoms with E-state index < -0.39 is 23.9 Å². The lowest BCUT2D eigenvalue weighted by molar-refractivity contribution is -0.139. The van der Waals surface area contributed by atoms with Gasteiger partial charge in [0.2, 0.25) is 12.3 Å². The molecule has 1 aliphatic heterocycles. The van der Waals surface area contributed by atoms with Gasteiger partial charge < -0.3 is 13.9 Å². The maximum Gasteiger partial charge on any atom is 0.328 e. The number of carbonyl (C=O) groups is 3. The highest BCUT2D eigenvalue weighted by Crippen LogP contribution is 2.26. The topological polar surface area (TPSA) is 133 Å². The molecule has 28 heavy (non-hydrogen) atoms. The second kappa shape index (κ2) is 7.19. The summed E-state index contributed by atoms with van der Waals surface area (Å²) in [5.74, 6) is 0.132. The molecule has 140 valence electrons. The number of barbiturate groups is 1. The van der Waals surface area contributed by atoms with Crippen molar-refractivity contribution >= 4 is 17.8 Å². The fourth-order valence-electron chi connectivity index (χ4n) is 2.44. The molecule has 0 spiro atoms. The van der Waals surface area contributed by atoms with Gasteiger partial charge in [0.1, 0.15) is 17.2 Å². The second-order valence-corrected chi connectivity index (χ2v) is 5.65. The number of nitrogens with zero attached hydrogens (tertiary/aromatic N) is 2. The van der Waals surface area contributed by atoms with Crippen LogP contribution in [0.4, 0.5) is 4.79 Å². The first-order chi connectivity index (χ1) is 13.6. The minimum absolute atomic E-state index is 0.267. The van der Waals surface area contributed by atoms with Gasteiger partial charge in [0.25, 0.3) is 17.9 Å². The van der Waals surface area contributed by atoms with Crippen molar-refractivity contribution in [2.45, 2.75) is 6.10 Å². The molecule has 1 aliphatic rings. The normalized spacial score (nSPS) is 14.4. The monoisotopic (exact) mass is 380 g/mol. The molecule has 0 radical (unpaired) electrons. The number of ether oxygens (including phenoxy) is 2. The highest BCUT2D eigenvalue weighted by molar-refractivity contribution is 6.18. The zero-order valence-electron chi connectivity index (χ0n) is 14.1. The first kappa shape index (κ1) is 17.2. The number of urea groups is 1. The zero-order valence-corrected chi connectivity index (χ0v) is 14.1. The number of nitrogens with one attached hydrogen (secondary N) is 2. The number of amides is 4. The lowest BCUT2D eigenvalue weighted by atomic mass is 10.2. The minimum atomic E-state index is -1.44. The van der Waals surface area contributed by atoms with Gasteiger partial charge >= 0.3 is 6.03 Å². The van der Waals surface area contributed by atoms with Gasteiger partial charge in [-0.3, -0.25) is 20.2 Å². The summed E-state index contributed by atoms with van der Waals surface area (Å²) in [4.78, 5) is 34.4. The van der Waals surface area contributed by atoms with Gasteiger partial charge in [-0.05, 0) is 48.5 Å². The minimum Gasteiger partial charge on any atom is -0.471 e. The number of benzene rings is 2. The second-order valence-electron chi connectivity index (χ2n) is 5.65. The van der Waals surface area contributed by atoms with E-state index >= 15 is 0 Å². The molecule has 1 fully saturated rings. The Bertz CT molecular complexity index is 995. The first-order valence-electron chi connectivity index (χ1n) is 8.05. The van der Waals surface area contributed by atoms with Crippen LogP contribution >= 0.6 is 0 Å². The third-order valence-corrected chi connectivity index (χ3v) is 3.72. The van der Waals surface area contributed by atoms with Gasteiger partial charge in [0.05, 0.1) is 0 Å². The Balaban J connectivity index is 1.40. The summed E-state index contributed by atoms with van der Waals surface area (Å²) >= 11 is 0. The number of carbonyl (C=O) groups excluding carboxylic acids is 3. The molecule has 4 rings (SSSR count). The van der Waals surface area contributed by atoms with Gasteiger partial charge in [-0.1, -0.05) is 0 Å². The van der Waals surface area contributed by atoms with Gasteiger partial charge in [-0.2, -0.15) is 0 Å². The van der Waals surface area contributed by atoms with E-state index in [1.807, 2.05) is 10.6 Å². The molecule has 0 saturated carbocycles. The molecule has 0 unspecified atom stereocenters. The van der Waals surface area contributed by atoms with Crippen molar-refractivity contribution in [3.63, 3.8) is 0 Å². The van der Waals surface area contributed by atoms with Crippen molar-refractivity contribution in [1.29, 1.82) is 0 Å². The van der Waals surface area contributed by atoms with Crippen LogP contribution < -0.4 is 20.1 Å². The molecule has 2 heterocycles. The van der Waals surface area contributed by atoms with E-state index in [4.69, 9.17) is 13.9 Å². The van der Waals surface area contributed by atoms with Crippen LogP contribution in [0.3, 0.4) is 0 Å². The van der Waals surface area contributed by atoms with Gasteiger partial charge in [-0.25, -0.2) is 4.79 Å². The van der Waals surface area contributed by atoms with Gasteiger partial charge in [-0.15, -0.1) is 10.2 Å². The first-order valence-corrected chi connectivity index (χ1v) is 8.05. The van der Waals surface area contributed by atoms with E-state index in [1.165, 1.54) is 6.39 Å². The van der Waals surface area contributed by atoms with E-state index in [-0.39, 0.29) is 5.75 Å². The number of rotatable bonds is 5. The van der Waals surface area contributed by atoms with Crippen LogP contribution in [-0.2, 0) is 9.59 Å². The maximum atomic E-state index is 11.7. The highest BCUT2D eigenvalue weighted by atomic mass is 16.5. The van der Waals surface area contributed by atoms with Crippen LogP contribution in [-0.4, -0.2) is 34.1 Å². The summed E-state index contributed by atoms with van der Waals surface area (Å²) in [6.45, 7) is 0. The van der Waals surface area contributed by atoms with Gasteiger partial charge in [0.15, 0.2) is 0 Å². The van der Waals surface area contributed by atoms with E-state index in [1.54, 1.807) is 48.5 Å². The van der Waals surface area contributed by atoms with Crippen LogP contribution in [0.25, 0.3) is 11.5 Å². The molecular formula is C18H12N4O6. The molecule has 10 heteroatoms. The van der Waals surface area contributed by atoms with Crippen LogP contribution in [0, 0.1) is 0 Å². The van der Waals surface area contributed by atoms with E-state index in [0.29, 0.717) is 17.4 Å². The smallest absolute Gasteiger partial charge is 0.328 e. The quantitative estimate of drug-likeness (QED) is 0.638. The molecule has 1 saturated heterocycles. The fraction of sp³-hybridized carbons (Fsp3) is 0.0556. The Kier molecular flexibility index (Phi) is 4.42. The molecule has 3 aromatic rings. The summed E-state index contributed by atoms with van der Waals surface area (Å²) in [6.07, 6.45) is -0.191. The summed E-state index contributed by atoms with van der Waals surface area (Å²) < 4.78 is 16.2. The molecule has 10 nitrogen and oxygen atoms in total.